The first-order valence-electron chi connectivity index (χ1n) is 8.62. The van der Waals surface area contributed by atoms with Gasteiger partial charge in [-0.15, -0.1) is 0 Å². The van der Waals surface area contributed by atoms with E-state index in [4.69, 9.17) is 18.9 Å². The Balaban J connectivity index is 1.80. The van der Waals surface area contributed by atoms with Crippen LogP contribution >= 0.6 is 0 Å². The van der Waals surface area contributed by atoms with Crippen LogP contribution in [0.5, 0.6) is 0 Å². The van der Waals surface area contributed by atoms with Crippen LogP contribution in [-0.2, 0) is 18.9 Å². The van der Waals surface area contributed by atoms with E-state index in [0.29, 0.717) is 59.4 Å². The minimum atomic E-state index is -0.514. The van der Waals surface area contributed by atoms with Gasteiger partial charge in [-0.2, -0.15) is 0 Å². The van der Waals surface area contributed by atoms with E-state index in [1.165, 1.54) is 0 Å². The molecular weight excluding hydrogens is 310 g/mol. The minimum absolute atomic E-state index is 0.514. The average molecular weight is 339 g/mol. The van der Waals surface area contributed by atoms with Gasteiger partial charge in [0.25, 0.3) is 0 Å². The van der Waals surface area contributed by atoms with Crippen LogP contribution in [0, 0.1) is 0 Å². The molecule has 0 spiro atoms. The predicted molar refractivity (Wildman–Crippen MR) is 91.1 cm³/mol. The molecule has 0 unspecified atom stereocenters. The van der Waals surface area contributed by atoms with Crippen LogP contribution in [0.1, 0.15) is 11.7 Å². The fourth-order valence-electron chi connectivity index (χ4n) is 2.47. The second-order valence-electron chi connectivity index (χ2n) is 5.68. The zero-order valence-corrected chi connectivity index (χ0v) is 14.3. The molecule has 1 aliphatic heterocycles. The van der Waals surface area contributed by atoms with Crippen LogP contribution in [0.25, 0.3) is 0 Å². The molecule has 0 amide bonds. The van der Waals surface area contributed by atoms with E-state index in [1.54, 1.807) is 0 Å². The summed E-state index contributed by atoms with van der Waals surface area (Å²) in [6, 6.07) is 9.72. The van der Waals surface area contributed by atoms with Gasteiger partial charge in [-0.1, -0.05) is 30.3 Å². The van der Waals surface area contributed by atoms with Gasteiger partial charge in [0, 0.05) is 19.6 Å². The molecular formula is C18H29NO5. The molecule has 1 fully saturated rings. The molecule has 0 aliphatic carbocycles. The Morgan fingerprint density at radius 2 is 1.21 bits per heavy atom. The number of β-amino-alcohol motifs (C(OH)–C–C–N with tert-alkyl or cyclic N) is 1. The molecule has 6 heteroatoms. The Labute approximate surface area is 144 Å². The topological polar surface area (TPSA) is 60.4 Å². The highest BCUT2D eigenvalue weighted by Gasteiger charge is 2.13. The molecule has 0 saturated carbocycles. The van der Waals surface area contributed by atoms with Gasteiger partial charge in [0.15, 0.2) is 0 Å². The molecule has 1 aromatic rings. The monoisotopic (exact) mass is 339 g/mol. The number of aliphatic hydroxyl groups is 1. The molecule has 2 rings (SSSR count). The fourth-order valence-corrected chi connectivity index (χ4v) is 2.47. The van der Waals surface area contributed by atoms with Crippen molar-refractivity contribution >= 4 is 0 Å². The highest BCUT2D eigenvalue weighted by molar-refractivity contribution is 5.17. The SMILES string of the molecule is O[C@H](CN1CCOCCOCCOCCOCC1)c1ccccc1. The zero-order valence-electron chi connectivity index (χ0n) is 14.3. The van der Waals surface area contributed by atoms with Crippen molar-refractivity contribution in [3.63, 3.8) is 0 Å². The van der Waals surface area contributed by atoms with E-state index in [0.717, 1.165) is 18.7 Å². The zero-order chi connectivity index (χ0) is 16.9. The van der Waals surface area contributed by atoms with Gasteiger partial charge in [-0.3, -0.25) is 4.90 Å². The maximum Gasteiger partial charge on any atom is 0.0916 e. The first-order chi connectivity index (χ1) is 11.9. The number of nitrogens with zero attached hydrogens (tertiary/aromatic N) is 1. The Morgan fingerprint density at radius 1 is 0.750 bits per heavy atom. The molecule has 1 aromatic carbocycles. The second-order valence-corrected chi connectivity index (χ2v) is 5.68. The van der Waals surface area contributed by atoms with Crippen molar-refractivity contribution in [2.45, 2.75) is 6.10 Å². The van der Waals surface area contributed by atoms with Crippen LogP contribution < -0.4 is 0 Å². The summed E-state index contributed by atoms with van der Waals surface area (Å²) in [6.07, 6.45) is -0.514. The van der Waals surface area contributed by atoms with Crippen LogP contribution in [0.4, 0.5) is 0 Å². The summed E-state index contributed by atoms with van der Waals surface area (Å²) < 4.78 is 22.0. The third kappa shape index (κ3) is 8.19. The lowest BCUT2D eigenvalue weighted by Crippen LogP contribution is -2.35. The molecule has 6 nitrogen and oxygen atoms in total. The summed E-state index contributed by atoms with van der Waals surface area (Å²) in [5.74, 6) is 0. The van der Waals surface area contributed by atoms with Crippen molar-refractivity contribution in [3.8, 4) is 0 Å². The highest BCUT2D eigenvalue weighted by atomic mass is 16.6. The van der Waals surface area contributed by atoms with Gasteiger partial charge in [0.2, 0.25) is 0 Å². The summed E-state index contributed by atoms with van der Waals surface area (Å²) in [7, 11) is 0. The smallest absolute Gasteiger partial charge is 0.0916 e. The number of aliphatic hydroxyl groups excluding tert-OH is 1. The molecule has 0 bridgehead atoms. The third-order valence-corrected chi connectivity index (χ3v) is 3.84. The maximum atomic E-state index is 10.4. The number of hydrogen-bond donors (Lipinski definition) is 1. The van der Waals surface area contributed by atoms with E-state index in [9.17, 15) is 5.11 Å². The van der Waals surface area contributed by atoms with Crippen molar-refractivity contribution in [2.24, 2.45) is 0 Å². The molecule has 1 aliphatic rings. The maximum absolute atomic E-state index is 10.4. The van der Waals surface area contributed by atoms with E-state index < -0.39 is 6.10 Å². The van der Waals surface area contributed by atoms with Gasteiger partial charge in [-0.05, 0) is 5.56 Å². The lowest BCUT2D eigenvalue weighted by atomic mass is 10.1. The van der Waals surface area contributed by atoms with Crippen molar-refractivity contribution in [2.75, 3.05) is 72.5 Å². The number of rotatable bonds is 3. The molecule has 0 radical (unpaired) electrons. The van der Waals surface area contributed by atoms with E-state index >= 15 is 0 Å². The minimum Gasteiger partial charge on any atom is -0.387 e. The van der Waals surface area contributed by atoms with Crippen LogP contribution in [0.15, 0.2) is 30.3 Å². The molecule has 24 heavy (non-hydrogen) atoms. The molecule has 1 heterocycles. The molecule has 0 aromatic heterocycles. The van der Waals surface area contributed by atoms with Gasteiger partial charge in [0.1, 0.15) is 0 Å². The first-order valence-corrected chi connectivity index (χ1v) is 8.62. The van der Waals surface area contributed by atoms with Crippen molar-refractivity contribution in [1.29, 1.82) is 0 Å². The van der Waals surface area contributed by atoms with E-state index in [2.05, 4.69) is 4.90 Å². The van der Waals surface area contributed by atoms with E-state index in [-0.39, 0.29) is 0 Å². The normalized spacial score (nSPS) is 21.5. The summed E-state index contributed by atoms with van der Waals surface area (Å²) in [5, 5.41) is 10.4. The molecule has 136 valence electrons. The standard InChI is InChI=1S/C18H29NO5/c20-18(17-4-2-1-3-5-17)16-19-6-8-21-10-12-23-14-15-24-13-11-22-9-7-19/h1-5,18,20H,6-16H2/t18-/m1/s1. The number of benzene rings is 1. The fraction of sp³-hybridized carbons (Fsp3) is 0.667. The van der Waals surface area contributed by atoms with Crippen LogP contribution in [0.3, 0.4) is 0 Å². The van der Waals surface area contributed by atoms with Gasteiger partial charge >= 0.3 is 0 Å². The molecule has 1 N–H and O–H groups in total. The summed E-state index contributed by atoms with van der Waals surface area (Å²) >= 11 is 0. The summed E-state index contributed by atoms with van der Waals surface area (Å²) in [6.45, 7) is 6.76. The molecule has 1 atom stereocenters. The predicted octanol–water partition coefficient (Wildman–Crippen LogP) is 1.10. The first kappa shape index (κ1) is 19.3. The number of hydrogen-bond acceptors (Lipinski definition) is 6. The lowest BCUT2D eigenvalue weighted by Gasteiger charge is -2.25. The average Bonchev–Trinajstić information content (AvgIpc) is 2.62. The van der Waals surface area contributed by atoms with Crippen LogP contribution in [0.2, 0.25) is 0 Å². The lowest BCUT2D eigenvalue weighted by molar-refractivity contribution is 0.00206. The Kier molecular flexibility index (Phi) is 9.94. The van der Waals surface area contributed by atoms with Crippen molar-refractivity contribution in [3.05, 3.63) is 35.9 Å². The van der Waals surface area contributed by atoms with Crippen LogP contribution in [-0.4, -0.2) is 82.5 Å². The second kappa shape index (κ2) is 12.4. The quantitative estimate of drug-likeness (QED) is 0.890. The third-order valence-electron chi connectivity index (χ3n) is 3.84. The summed E-state index contributed by atoms with van der Waals surface area (Å²) in [4.78, 5) is 2.17. The Morgan fingerprint density at radius 3 is 1.71 bits per heavy atom. The summed E-state index contributed by atoms with van der Waals surface area (Å²) in [5.41, 5.74) is 0.928. The Hall–Kier alpha value is -1.02. The highest BCUT2D eigenvalue weighted by Crippen LogP contribution is 2.13. The van der Waals surface area contributed by atoms with Crippen molar-refractivity contribution < 1.29 is 24.1 Å². The van der Waals surface area contributed by atoms with E-state index in [1.807, 2.05) is 30.3 Å². The van der Waals surface area contributed by atoms with Gasteiger partial charge < -0.3 is 24.1 Å². The molecule has 1 saturated heterocycles. The Bertz CT molecular complexity index is 401. The largest absolute Gasteiger partial charge is 0.387 e. The van der Waals surface area contributed by atoms with Gasteiger partial charge in [0.05, 0.1) is 59.0 Å². The van der Waals surface area contributed by atoms with Crippen molar-refractivity contribution in [1.82, 2.24) is 4.90 Å². The van der Waals surface area contributed by atoms with Gasteiger partial charge in [-0.25, -0.2) is 0 Å². The number of ether oxygens (including phenoxy) is 4.